The highest BCUT2D eigenvalue weighted by molar-refractivity contribution is 6.34. The van der Waals surface area contributed by atoms with E-state index < -0.39 is 11.0 Å². The quantitative estimate of drug-likeness (QED) is 0.716. The number of nitrogens with one attached hydrogen (secondary N) is 2. The largest absolute Gasteiger partial charge is 0.482 e. The molecule has 9 heteroatoms. The lowest BCUT2D eigenvalue weighted by atomic mass is 9.54. The normalized spacial score (nSPS) is 25.7. The maximum Gasteiger partial charge on any atom is 0.262 e. The summed E-state index contributed by atoms with van der Waals surface area (Å²) in [5.74, 6) is -0.125. The van der Waals surface area contributed by atoms with Gasteiger partial charge < -0.3 is 25.8 Å². The third-order valence-corrected chi connectivity index (χ3v) is 5.50. The number of benzene rings is 1. The molecule has 0 spiro atoms. The Morgan fingerprint density at radius 1 is 1.50 bits per heavy atom. The van der Waals surface area contributed by atoms with Crippen LogP contribution < -0.4 is 21.1 Å². The number of carbonyl (C=O) groups is 2. The van der Waals surface area contributed by atoms with Crippen LogP contribution in [0.4, 0.5) is 11.4 Å². The van der Waals surface area contributed by atoms with Crippen LogP contribution >= 0.6 is 24.0 Å². The summed E-state index contributed by atoms with van der Waals surface area (Å²) in [4.78, 5) is 24.1. The van der Waals surface area contributed by atoms with Crippen LogP contribution in [0.5, 0.6) is 5.75 Å². The molecule has 1 fully saturated rings. The van der Waals surface area contributed by atoms with Gasteiger partial charge in [-0.3, -0.25) is 9.59 Å². The van der Waals surface area contributed by atoms with Crippen molar-refractivity contribution in [1.29, 1.82) is 0 Å². The SMILES string of the molecule is CCOC1CC(N)(C(=O)Nc2cc3c(cc2Cl)NC(=O)CO3)C1(C)C.Cl. The number of nitrogens with two attached hydrogens (primary N) is 1. The summed E-state index contributed by atoms with van der Waals surface area (Å²) in [6.07, 6.45) is 0.375. The first-order valence-electron chi connectivity index (χ1n) is 8.17. The van der Waals surface area contributed by atoms with E-state index in [0.717, 1.165) is 0 Å². The summed E-state index contributed by atoms with van der Waals surface area (Å²) < 4.78 is 11.0. The molecule has 1 saturated carbocycles. The Hall–Kier alpha value is -1.54. The van der Waals surface area contributed by atoms with Crippen molar-refractivity contribution in [2.75, 3.05) is 23.8 Å². The van der Waals surface area contributed by atoms with Gasteiger partial charge in [0.2, 0.25) is 5.91 Å². The minimum atomic E-state index is -1.05. The molecule has 0 bridgehead atoms. The number of carbonyl (C=O) groups excluding carboxylic acids is 2. The Bertz CT molecular complexity index is 741. The Kier molecular flexibility index (Phi) is 5.77. The number of fused-ring (bicyclic) bond motifs is 1. The zero-order valence-corrected chi connectivity index (χ0v) is 16.4. The summed E-state index contributed by atoms with van der Waals surface area (Å²) in [6.45, 7) is 6.25. The van der Waals surface area contributed by atoms with Crippen molar-refractivity contribution in [3.8, 4) is 5.75 Å². The van der Waals surface area contributed by atoms with Gasteiger partial charge in [-0.25, -0.2) is 0 Å². The van der Waals surface area contributed by atoms with E-state index in [4.69, 9.17) is 26.8 Å². The molecule has 2 atom stereocenters. The average Bonchev–Trinajstić information content (AvgIpc) is 2.55. The number of amides is 2. The highest BCUT2D eigenvalue weighted by Gasteiger charge is 2.62. The van der Waals surface area contributed by atoms with Crippen LogP contribution in [-0.2, 0) is 14.3 Å². The second-order valence-electron chi connectivity index (χ2n) is 6.96. The molecule has 0 radical (unpaired) electrons. The molecule has 1 aliphatic heterocycles. The van der Waals surface area contributed by atoms with Crippen molar-refractivity contribution < 1.29 is 19.1 Å². The minimum Gasteiger partial charge on any atom is -0.482 e. The Balaban J connectivity index is 0.00000243. The van der Waals surface area contributed by atoms with Crippen LogP contribution in [0, 0.1) is 5.41 Å². The zero-order valence-electron chi connectivity index (χ0n) is 14.8. The van der Waals surface area contributed by atoms with E-state index in [0.29, 0.717) is 35.2 Å². The van der Waals surface area contributed by atoms with Gasteiger partial charge in [0, 0.05) is 24.5 Å². The number of rotatable bonds is 4. The van der Waals surface area contributed by atoms with Crippen molar-refractivity contribution in [2.24, 2.45) is 11.1 Å². The molecule has 1 aliphatic carbocycles. The number of ether oxygens (including phenoxy) is 2. The first kappa shape index (κ1) is 20.8. The molecule has 4 N–H and O–H groups in total. The number of hydrogen-bond donors (Lipinski definition) is 3. The van der Waals surface area contributed by atoms with Crippen molar-refractivity contribution in [2.45, 2.75) is 38.8 Å². The van der Waals surface area contributed by atoms with Gasteiger partial charge in [-0.15, -0.1) is 12.4 Å². The van der Waals surface area contributed by atoms with E-state index in [9.17, 15) is 9.59 Å². The predicted octanol–water partition coefficient (Wildman–Crippen LogP) is 2.56. The standard InChI is InChI=1S/C17H22ClN3O4.ClH/c1-4-24-13-7-17(19,16(13,2)3)15(23)21-10-6-12-11(5-9(10)18)20-14(22)8-25-12;/h5-6,13H,4,7-8,19H2,1-3H3,(H,20,22)(H,21,23);1H. The lowest BCUT2D eigenvalue weighted by Gasteiger charge is -2.57. The molecule has 1 aromatic carbocycles. The van der Waals surface area contributed by atoms with Gasteiger partial charge in [-0.2, -0.15) is 0 Å². The first-order valence-corrected chi connectivity index (χ1v) is 8.55. The van der Waals surface area contributed by atoms with Crippen LogP contribution in [0.1, 0.15) is 27.2 Å². The maximum absolute atomic E-state index is 12.8. The fraction of sp³-hybridized carbons (Fsp3) is 0.529. The molecule has 2 aliphatic rings. The van der Waals surface area contributed by atoms with Gasteiger partial charge in [0.25, 0.3) is 5.91 Å². The lowest BCUT2D eigenvalue weighted by molar-refractivity contribution is -0.166. The minimum absolute atomic E-state index is 0. The monoisotopic (exact) mass is 403 g/mol. The molecule has 26 heavy (non-hydrogen) atoms. The number of hydrogen-bond acceptors (Lipinski definition) is 5. The molecule has 144 valence electrons. The van der Waals surface area contributed by atoms with Gasteiger partial charge in [-0.05, 0) is 13.0 Å². The summed E-state index contributed by atoms with van der Waals surface area (Å²) in [6, 6.07) is 3.13. The van der Waals surface area contributed by atoms with Crippen LogP contribution in [-0.4, -0.2) is 36.7 Å². The Morgan fingerprint density at radius 2 is 2.19 bits per heavy atom. The molecule has 0 aromatic heterocycles. The average molecular weight is 404 g/mol. The number of halogens is 2. The van der Waals surface area contributed by atoms with E-state index >= 15 is 0 Å². The highest BCUT2D eigenvalue weighted by atomic mass is 35.5. The zero-order chi connectivity index (χ0) is 18.4. The third-order valence-electron chi connectivity index (χ3n) is 5.19. The van der Waals surface area contributed by atoms with Crippen LogP contribution in [0.3, 0.4) is 0 Å². The Morgan fingerprint density at radius 3 is 2.81 bits per heavy atom. The third kappa shape index (κ3) is 3.24. The van der Waals surface area contributed by atoms with Crippen molar-refractivity contribution >= 4 is 47.2 Å². The van der Waals surface area contributed by atoms with E-state index in [1.165, 1.54) is 0 Å². The molecule has 3 rings (SSSR count). The van der Waals surface area contributed by atoms with Gasteiger partial charge in [-0.1, -0.05) is 25.4 Å². The van der Waals surface area contributed by atoms with E-state index in [1.54, 1.807) is 12.1 Å². The highest BCUT2D eigenvalue weighted by Crippen LogP contribution is 2.50. The second kappa shape index (κ2) is 7.23. The lowest BCUT2D eigenvalue weighted by Crippen LogP contribution is -2.74. The van der Waals surface area contributed by atoms with Gasteiger partial charge >= 0.3 is 0 Å². The molecule has 0 saturated heterocycles. The van der Waals surface area contributed by atoms with E-state index in [-0.39, 0.29) is 36.9 Å². The van der Waals surface area contributed by atoms with Crippen molar-refractivity contribution in [3.63, 3.8) is 0 Å². The maximum atomic E-state index is 12.8. The summed E-state index contributed by atoms with van der Waals surface area (Å²) in [7, 11) is 0. The fourth-order valence-corrected chi connectivity index (χ4v) is 3.46. The van der Waals surface area contributed by atoms with Gasteiger partial charge in [0.15, 0.2) is 6.61 Å². The first-order chi connectivity index (χ1) is 11.7. The van der Waals surface area contributed by atoms with Gasteiger partial charge in [0.05, 0.1) is 22.5 Å². The molecular formula is C17H23Cl2N3O4. The molecule has 7 nitrogen and oxygen atoms in total. The van der Waals surface area contributed by atoms with Crippen LogP contribution in [0.2, 0.25) is 5.02 Å². The van der Waals surface area contributed by atoms with Gasteiger partial charge in [0.1, 0.15) is 11.3 Å². The Labute approximate surface area is 163 Å². The number of anilines is 2. The summed E-state index contributed by atoms with van der Waals surface area (Å²) in [5, 5.41) is 5.74. The molecular weight excluding hydrogens is 381 g/mol. The molecule has 1 heterocycles. The smallest absolute Gasteiger partial charge is 0.262 e. The molecule has 2 unspecified atom stereocenters. The van der Waals surface area contributed by atoms with Crippen LogP contribution in [0.25, 0.3) is 0 Å². The second-order valence-corrected chi connectivity index (χ2v) is 7.37. The molecule has 1 aromatic rings. The van der Waals surface area contributed by atoms with Crippen molar-refractivity contribution in [3.05, 3.63) is 17.2 Å². The predicted molar refractivity (Wildman–Crippen MR) is 102 cm³/mol. The van der Waals surface area contributed by atoms with Crippen LogP contribution in [0.15, 0.2) is 12.1 Å². The van der Waals surface area contributed by atoms with E-state index in [1.807, 2.05) is 20.8 Å². The molecule has 2 amide bonds. The summed E-state index contributed by atoms with van der Waals surface area (Å²) >= 11 is 6.23. The van der Waals surface area contributed by atoms with Crippen molar-refractivity contribution in [1.82, 2.24) is 0 Å². The topological polar surface area (TPSA) is 103 Å². The summed E-state index contributed by atoms with van der Waals surface area (Å²) in [5.41, 5.74) is 5.68. The fourth-order valence-electron chi connectivity index (χ4n) is 3.25. The van der Waals surface area contributed by atoms with E-state index in [2.05, 4.69) is 10.6 Å².